The minimum atomic E-state index is -0.281. The molecule has 1 aliphatic heterocycles. The number of carbonyl (C=O) groups is 2. The van der Waals surface area contributed by atoms with E-state index in [1.807, 2.05) is 24.3 Å². The highest BCUT2D eigenvalue weighted by atomic mass is 16.2. The lowest BCUT2D eigenvalue weighted by molar-refractivity contribution is -0.120. The lowest BCUT2D eigenvalue weighted by Gasteiger charge is -2.26. The van der Waals surface area contributed by atoms with Gasteiger partial charge in [-0.1, -0.05) is 45.5 Å². The van der Waals surface area contributed by atoms with Crippen LogP contribution in [0.25, 0.3) is 0 Å². The van der Waals surface area contributed by atoms with Crippen LogP contribution in [0.15, 0.2) is 36.4 Å². The van der Waals surface area contributed by atoms with E-state index < -0.39 is 0 Å². The first kappa shape index (κ1) is 12.6. The Hall–Kier alpha value is -1.90. The quantitative estimate of drug-likeness (QED) is 0.562. The fourth-order valence-corrected chi connectivity index (χ4v) is 2.16. The lowest BCUT2D eigenvalue weighted by atomic mass is 9.85. The van der Waals surface area contributed by atoms with Gasteiger partial charge in [0.15, 0.2) is 0 Å². The lowest BCUT2D eigenvalue weighted by Crippen LogP contribution is -2.31. The fourth-order valence-electron chi connectivity index (χ4n) is 2.16. The molecule has 0 aliphatic carbocycles. The molecule has 0 saturated carbocycles. The zero-order valence-electron chi connectivity index (χ0n) is 11.0. The van der Waals surface area contributed by atoms with E-state index in [0.29, 0.717) is 11.3 Å². The van der Waals surface area contributed by atoms with Crippen molar-refractivity contribution in [2.45, 2.75) is 32.6 Å². The highest BCUT2D eigenvalue weighted by Gasteiger charge is 2.36. The van der Waals surface area contributed by atoms with E-state index in [9.17, 15) is 9.59 Å². The number of carbonyl (C=O) groups excluding carboxylic acids is 2. The SMILES string of the molecule is C=C1CC(=O)N(c2ccccc2C(C)(C)C)C1=O. The van der Waals surface area contributed by atoms with Crippen LogP contribution in [0.3, 0.4) is 0 Å². The molecule has 1 aromatic carbocycles. The van der Waals surface area contributed by atoms with Gasteiger partial charge < -0.3 is 0 Å². The normalized spacial score (nSPS) is 16.6. The van der Waals surface area contributed by atoms with Crippen molar-refractivity contribution in [3.05, 3.63) is 42.0 Å². The highest BCUT2D eigenvalue weighted by Crippen LogP contribution is 2.35. The third-order valence-corrected chi connectivity index (χ3v) is 3.07. The van der Waals surface area contributed by atoms with Gasteiger partial charge in [0, 0.05) is 5.57 Å². The van der Waals surface area contributed by atoms with E-state index in [-0.39, 0.29) is 23.7 Å². The standard InChI is InChI=1S/C15H17NO2/c1-10-9-13(17)16(14(10)18)12-8-6-5-7-11(12)15(2,3)4/h5-8H,1,9H2,2-4H3. The number of anilines is 1. The van der Waals surface area contributed by atoms with Crippen LogP contribution in [0.1, 0.15) is 32.8 Å². The summed E-state index contributed by atoms with van der Waals surface area (Å²) in [7, 11) is 0. The molecule has 18 heavy (non-hydrogen) atoms. The summed E-state index contributed by atoms with van der Waals surface area (Å²) >= 11 is 0. The predicted molar refractivity (Wildman–Crippen MR) is 71.4 cm³/mol. The number of hydrogen-bond acceptors (Lipinski definition) is 2. The molecule has 3 nitrogen and oxygen atoms in total. The molecule has 0 bridgehead atoms. The van der Waals surface area contributed by atoms with E-state index in [0.717, 1.165) is 5.56 Å². The molecule has 2 amide bonds. The number of amides is 2. The van der Waals surface area contributed by atoms with Crippen molar-refractivity contribution in [1.29, 1.82) is 0 Å². The molecule has 0 radical (unpaired) electrons. The molecule has 1 saturated heterocycles. The molecular weight excluding hydrogens is 226 g/mol. The molecule has 2 rings (SSSR count). The molecule has 3 heteroatoms. The number of para-hydroxylation sites is 1. The summed E-state index contributed by atoms with van der Waals surface area (Å²) in [5.41, 5.74) is 1.91. The molecule has 1 aliphatic rings. The van der Waals surface area contributed by atoms with Gasteiger partial charge in [-0.3, -0.25) is 9.59 Å². The van der Waals surface area contributed by atoms with Crippen molar-refractivity contribution in [2.24, 2.45) is 0 Å². The Kier molecular flexibility index (Phi) is 2.85. The number of benzene rings is 1. The van der Waals surface area contributed by atoms with Crippen molar-refractivity contribution < 1.29 is 9.59 Å². The molecule has 1 aromatic rings. The van der Waals surface area contributed by atoms with Gasteiger partial charge >= 0.3 is 0 Å². The second-order valence-corrected chi connectivity index (χ2v) is 5.58. The Morgan fingerprint density at radius 2 is 1.78 bits per heavy atom. The van der Waals surface area contributed by atoms with Crippen molar-refractivity contribution in [1.82, 2.24) is 0 Å². The zero-order valence-corrected chi connectivity index (χ0v) is 11.0. The smallest absolute Gasteiger partial charge is 0.260 e. The van der Waals surface area contributed by atoms with Gasteiger partial charge in [0.25, 0.3) is 5.91 Å². The Morgan fingerprint density at radius 3 is 2.28 bits per heavy atom. The van der Waals surface area contributed by atoms with Crippen LogP contribution in [-0.2, 0) is 15.0 Å². The molecule has 94 valence electrons. The third kappa shape index (κ3) is 1.96. The van der Waals surface area contributed by atoms with E-state index >= 15 is 0 Å². The number of hydrogen-bond donors (Lipinski definition) is 0. The van der Waals surface area contributed by atoms with E-state index in [1.165, 1.54) is 4.90 Å². The largest absolute Gasteiger partial charge is 0.274 e. The molecular formula is C15H17NO2. The van der Waals surface area contributed by atoms with Crippen LogP contribution in [-0.4, -0.2) is 11.8 Å². The fraction of sp³-hybridized carbons (Fsp3) is 0.333. The van der Waals surface area contributed by atoms with Gasteiger partial charge in [-0.05, 0) is 17.0 Å². The highest BCUT2D eigenvalue weighted by molar-refractivity contribution is 6.28. The summed E-state index contributed by atoms with van der Waals surface area (Å²) in [6, 6.07) is 7.53. The van der Waals surface area contributed by atoms with Crippen LogP contribution < -0.4 is 4.90 Å². The Labute approximate surface area is 107 Å². The molecule has 0 aromatic heterocycles. The summed E-state index contributed by atoms with van der Waals surface area (Å²) in [6.45, 7) is 9.82. The Bertz CT molecular complexity index is 538. The first-order valence-corrected chi connectivity index (χ1v) is 5.97. The molecule has 0 atom stereocenters. The first-order valence-electron chi connectivity index (χ1n) is 5.97. The van der Waals surface area contributed by atoms with Crippen LogP contribution >= 0.6 is 0 Å². The minimum absolute atomic E-state index is 0.122. The second kappa shape index (κ2) is 4.09. The van der Waals surface area contributed by atoms with Gasteiger partial charge in [0.2, 0.25) is 5.91 Å². The van der Waals surface area contributed by atoms with Crippen LogP contribution in [0, 0.1) is 0 Å². The van der Waals surface area contributed by atoms with Crippen LogP contribution in [0.4, 0.5) is 5.69 Å². The average Bonchev–Trinajstić information content (AvgIpc) is 2.52. The maximum atomic E-state index is 12.0. The maximum absolute atomic E-state index is 12.0. The zero-order chi connectivity index (χ0) is 13.5. The van der Waals surface area contributed by atoms with Crippen molar-refractivity contribution in [2.75, 3.05) is 4.90 Å². The predicted octanol–water partition coefficient (Wildman–Crippen LogP) is 2.80. The van der Waals surface area contributed by atoms with Crippen LogP contribution in [0.5, 0.6) is 0 Å². The molecule has 1 heterocycles. The molecule has 0 N–H and O–H groups in total. The van der Waals surface area contributed by atoms with E-state index in [4.69, 9.17) is 0 Å². The van der Waals surface area contributed by atoms with Gasteiger partial charge in [-0.2, -0.15) is 0 Å². The second-order valence-electron chi connectivity index (χ2n) is 5.58. The van der Waals surface area contributed by atoms with E-state index in [2.05, 4.69) is 27.4 Å². The van der Waals surface area contributed by atoms with Gasteiger partial charge in [-0.25, -0.2) is 4.90 Å². The molecule has 0 unspecified atom stereocenters. The maximum Gasteiger partial charge on any atom is 0.260 e. The van der Waals surface area contributed by atoms with Crippen molar-refractivity contribution >= 4 is 17.5 Å². The minimum Gasteiger partial charge on any atom is -0.274 e. The molecule has 0 spiro atoms. The summed E-state index contributed by atoms with van der Waals surface area (Å²) in [6.07, 6.45) is 0.122. The number of imide groups is 1. The third-order valence-electron chi connectivity index (χ3n) is 3.07. The van der Waals surface area contributed by atoms with Gasteiger partial charge in [0.1, 0.15) is 0 Å². The Balaban J connectivity index is 2.56. The first-order chi connectivity index (χ1) is 8.32. The Morgan fingerprint density at radius 1 is 1.17 bits per heavy atom. The summed E-state index contributed by atoms with van der Waals surface area (Å²) in [4.78, 5) is 25.2. The van der Waals surface area contributed by atoms with Crippen molar-refractivity contribution in [3.63, 3.8) is 0 Å². The summed E-state index contributed by atoms with van der Waals surface area (Å²) in [5, 5.41) is 0. The summed E-state index contributed by atoms with van der Waals surface area (Å²) < 4.78 is 0. The molecule has 1 fully saturated rings. The van der Waals surface area contributed by atoms with E-state index in [1.54, 1.807) is 0 Å². The van der Waals surface area contributed by atoms with Crippen LogP contribution in [0.2, 0.25) is 0 Å². The topological polar surface area (TPSA) is 37.4 Å². The van der Waals surface area contributed by atoms with Gasteiger partial charge in [0.05, 0.1) is 12.1 Å². The average molecular weight is 243 g/mol. The monoisotopic (exact) mass is 243 g/mol. The number of rotatable bonds is 1. The van der Waals surface area contributed by atoms with Crippen molar-refractivity contribution in [3.8, 4) is 0 Å². The van der Waals surface area contributed by atoms with Gasteiger partial charge in [-0.15, -0.1) is 0 Å². The summed E-state index contributed by atoms with van der Waals surface area (Å²) in [5.74, 6) is -0.474. The number of nitrogens with zero attached hydrogens (tertiary/aromatic N) is 1.